The molecule has 1 aromatic rings. The van der Waals surface area contributed by atoms with Crippen LogP contribution in [0.5, 0.6) is 0 Å². The van der Waals surface area contributed by atoms with Crippen LogP contribution in [0.25, 0.3) is 0 Å². The predicted octanol–water partition coefficient (Wildman–Crippen LogP) is 1.43. The van der Waals surface area contributed by atoms with E-state index in [0.29, 0.717) is 24.5 Å². The van der Waals surface area contributed by atoms with Crippen LogP contribution in [0, 0.1) is 5.82 Å². The second-order valence-electron chi connectivity index (χ2n) is 2.57. The molecule has 3 nitrogen and oxygen atoms in total. The molecule has 0 aliphatic carbocycles. The normalized spacial score (nSPS) is 10.1. The van der Waals surface area contributed by atoms with Crippen LogP contribution in [-0.2, 0) is 0 Å². The summed E-state index contributed by atoms with van der Waals surface area (Å²) in [6.07, 6.45) is 0. The maximum atomic E-state index is 12.8. The third-order valence-corrected chi connectivity index (χ3v) is 1.84. The lowest BCUT2D eigenvalue weighted by atomic mass is 10.2. The minimum absolute atomic E-state index is 0.0497. The van der Waals surface area contributed by atoms with Gasteiger partial charge in [-0.3, -0.25) is 0 Å². The molecule has 0 aliphatic rings. The van der Waals surface area contributed by atoms with Gasteiger partial charge in [0.1, 0.15) is 5.82 Å². The van der Waals surface area contributed by atoms with Crippen LogP contribution in [0.2, 0.25) is 5.02 Å². The first-order chi connectivity index (χ1) is 6.15. The molecular weight excluding hydrogens is 193 g/mol. The maximum Gasteiger partial charge on any atom is 0.143 e. The van der Waals surface area contributed by atoms with E-state index in [1.807, 2.05) is 0 Å². The molecular formula is C8H11ClFN3. The minimum Gasteiger partial charge on any atom is -0.397 e. The Morgan fingerprint density at radius 1 is 1.46 bits per heavy atom. The largest absolute Gasteiger partial charge is 0.397 e. The molecule has 0 fully saturated rings. The molecule has 5 N–H and O–H groups in total. The van der Waals surface area contributed by atoms with Crippen molar-refractivity contribution < 1.29 is 4.39 Å². The summed E-state index contributed by atoms with van der Waals surface area (Å²) in [6, 6.07) is 2.63. The van der Waals surface area contributed by atoms with Crippen LogP contribution in [0.15, 0.2) is 12.1 Å². The van der Waals surface area contributed by atoms with Crippen LogP contribution >= 0.6 is 11.6 Å². The van der Waals surface area contributed by atoms with Gasteiger partial charge in [0, 0.05) is 19.2 Å². The van der Waals surface area contributed by atoms with E-state index in [4.69, 9.17) is 23.1 Å². The Bertz CT molecular complexity index is 304. The van der Waals surface area contributed by atoms with Gasteiger partial charge in [-0.15, -0.1) is 0 Å². The molecule has 0 radical (unpaired) electrons. The van der Waals surface area contributed by atoms with Crippen LogP contribution in [0.1, 0.15) is 0 Å². The molecule has 0 bridgehead atoms. The van der Waals surface area contributed by atoms with E-state index in [-0.39, 0.29) is 5.02 Å². The van der Waals surface area contributed by atoms with E-state index in [1.165, 1.54) is 12.1 Å². The van der Waals surface area contributed by atoms with Crippen molar-refractivity contribution in [2.45, 2.75) is 0 Å². The number of hydrogen-bond acceptors (Lipinski definition) is 3. The highest BCUT2D eigenvalue weighted by Crippen LogP contribution is 2.25. The van der Waals surface area contributed by atoms with Crippen LogP contribution in [-0.4, -0.2) is 13.1 Å². The molecule has 0 saturated heterocycles. The number of nitrogen functional groups attached to an aromatic ring is 1. The van der Waals surface area contributed by atoms with Crippen LogP contribution < -0.4 is 16.8 Å². The van der Waals surface area contributed by atoms with Crippen molar-refractivity contribution in [3.05, 3.63) is 23.0 Å². The molecule has 0 aromatic heterocycles. The van der Waals surface area contributed by atoms with Gasteiger partial charge in [0.15, 0.2) is 0 Å². The molecule has 72 valence electrons. The molecule has 1 aromatic carbocycles. The summed E-state index contributed by atoms with van der Waals surface area (Å²) in [7, 11) is 0. The van der Waals surface area contributed by atoms with E-state index < -0.39 is 5.82 Å². The number of nitrogens with two attached hydrogens (primary N) is 2. The number of benzene rings is 1. The van der Waals surface area contributed by atoms with Gasteiger partial charge in [-0.05, 0) is 6.07 Å². The summed E-state index contributed by atoms with van der Waals surface area (Å²) < 4.78 is 12.8. The Balaban J connectivity index is 2.88. The maximum absolute atomic E-state index is 12.8. The minimum atomic E-state index is -0.516. The standard InChI is InChI=1S/C8H11ClFN3/c9-5-3-8(13-2-1-11)7(12)4-6(5)10/h3-4,13H,1-2,11-12H2. The first-order valence-electron chi connectivity index (χ1n) is 3.83. The fraction of sp³-hybridized carbons (Fsp3) is 0.250. The zero-order valence-electron chi connectivity index (χ0n) is 6.98. The lowest BCUT2D eigenvalue weighted by molar-refractivity contribution is 0.629. The van der Waals surface area contributed by atoms with Gasteiger partial charge in [0.05, 0.1) is 16.4 Å². The van der Waals surface area contributed by atoms with Gasteiger partial charge in [0.25, 0.3) is 0 Å². The molecule has 0 unspecified atom stereocenters. The molecule has 13 heavy (non-hydrogen) atoms. The fourth-order valence-corrected chi connectivity index (χ4v) is 1.09. The third kappa shape index (κ3) is 2.47. The molecule has 0 aliphatic heterocycles. The first-order valence-corrected chi connectivity index (χ1v) is 4.21. The van der Waals surface area contributed by atoms with Crippen molar-refractivity contribution in [2.24, 2.45) is 5.73 Å². The third-order valence-electron chi connectivity index (χ3n) is 1.55. The fourth-order valence-electron chi connectivity index (χ4n) is 0.922. The van der Waals surface area contributed by atoms with Crippen molar-refractivity contribution in [1.29, 1.82) is 0 Å². The highest BCUT2D eigenvalue weighted by Gasteiger charge is 2.04. The smallest absolute Gasteiger partial charge is 0.143 e. The van der Waals surface area contributed by atoms with Crippen molar-refractivity contribution >= 4 is 23.0 Å². The average Bonchev–Trinajstić information content (AvgIpc) is 2.09. The second-order valence-corrected chi connectivity index (χ2v) is 2.98. The molecule has 1 rings (SSSR count). The summed E-state index contributed by atoms with van der Waals surface area (Å²) in [5.74, 6) is -0.516. The molecule has 0 atom stereocenters. The van der Waals surface area contributed by atoms with Gasteiger partial charge < -0.3 is 16.8 Å². The van der Waals surface area contributed by atoms with Gasteiger partial charge >= 0.3 is 0 Å². The SMILES string of the molecule is NCCNc1cc(Cl)c(F)cc1N. The van der Waals surface area contributed by atoms with Gasteiger partial charge in [-0.1, -0.05) is 11.6 Å². The van der Waals surface area contributed by atoms with Gasteiger partial charge in [0.2, 0.25) is 0 Å². The zero-order chi connectivity index (χ0) is 9.84. The molecule has 0 saturated carbocycles. The summed E-state index contributed by atoms with van der Waals surface area (Å²) in [5, 5.41) is 2.98. The predicted molar refractivity (Wildman–Crippen MR) is 53.4 cm³/mol. The van der Waals surface area contributed by atoms with Crippen molar-refractivity contribution in [2.75, 3.05) is 24.1 Å². The summed E-state index contributed by atoms with van der Waals surface area (Å²) in [5.41, 5.74) is 11.8. The highest BCUT2D eigenvalue weighted by molar-refractivity contribution is 6.31. The number of nitrogens with one attached hydrogen (secondary N) is 1. The van der Waals surface area contributed by atoms with E-state index in [2.05, 4.69) is 5.32 Å². The Labute approximate surface area is 80.9 Å². The van der Waals surface area contributed by atoms with E-state index in [0.717, 1.165) is 0 Å². The van der Waals surface area contributed by atoms with Crippen molar-refractivity contribution in [1.82, 2.24) is 0 Å². The van der Waals surface area contributed by atoms with Gasteiger partial charge in [-0.25, -0.2) is 4.39 Å². The number of rotatable bonds is 3. The molecule has 0 spiro atoms. The lowest BCUT2D eigenvalue weighted by Gasteiger charge is -2.08. The summed E-state index contributed by atoms with van der Waals surface area (Å²) >= 11 is 5.56. The summed E-state index contributed by atoms with van der Waals surface area (Å²) in [4.78, 5) is 0. The number of hydrogen-bond donors (Lipinski definition) is 3. The Hall–Kier alpha value is -1.00. The Morgan fingerprint density at radius 3 is 2.77 bits per heavy atom. The first kappa shape index (κ1) is 10.1. The van der Waals surface area contributed by atoms with Crippen molar-refractivity contribution in [3.8, 4) is 0 Å². The van der Waals surface area contributed by atoms with Gasteiger partial charge in [-0.2, -0.15) is 0 Å². The monoisotopic (exact) mass is 203 g/mol. The molecule has 0 amide bonds. The van der Waals surface area contributed by atoms with Crippen LogP contribution in [0.4, 0.5) is 15.8 Å². The van der Waals surface area contributed by atoms with E-state index in [9.17, 15) is 4.39 Å². The Kier molecular flexibility index (Phi) is 3.33. The number of halogens is 2. The number of anilines is 2. The van der Waals surface area contributed by atoms with Crippen molar-refractivity contribution in [3.63, 3.8) is 0 Å². The molecule has 5 heteroatoms. The molecule has 0 heterocycles. The topological polar surface area (TPSA) is 64.1 Å². The Morgan fingerprint density at radius 2 is 2.15 bits per heavy atom. The van der Waals surface area contributed by atoms with E-state index in [1.54, 1.807) is 0 Å². The lowest BCUT2D eigenvalue weighted by Crippen LogP contribution is -2.14. The summed E-state index contributed by atoms with van der Waals surface area (Å²) in [6.45, 7) is 1.06. The van der Waals surface area contributed by atoms with E-state index >= 15 is 0 Å². The quantitative estimate of drug-likeness (QED) is 0.652. The zero-order valence-corrected chi connectivity index (χ0v) is 7.74. The highest BCUT2D eigenvalue weighted by atomic mass is 35.5. The average molecular weight is 204 g/mol. The second kappa shape index (κ2) is 4.30. The van der Waals surface area contributed by atoms with Crippen LogP contribution in [0.3, 0.4) is 0 Å².